The van der Waals surface area contributed by atoms with Crippen molar-refractivity contribution in [3.63, 3.8) is 0 Å². The standard InChI is InChI=1S/C13H11N3/c14-9-13(11-5-2-1-3-6-11)16-12-7-4-8-15-10-12/h1-8,10,13,16H/t13-/m1/s1. The van der Waals surface area contributed by atoms with Crippen LogP contribution in [0.5, 0.6) is 0 Å². The van der Waals surface area contributed by atoms with Crippen molar-refractivity contribution < 1.29 is 0 Å². The first-order chi connectivity index (χ1) is 7.90. The van der Waals surface area contributed by atoms with Crippen molar-refractivity contribution in [3.05, 3.63) is 60.4 Å². The summed E-state index contributed by atoms with van der Waals surface area (Å²) < 4.78 is 0. The van der Waals surface area contributed by atoms with E-state index in [1.165, 1.54) is 0 Å². The first-order valence-electron chi connectivity index (χ1n) is 5.01. The fraction of sp³-hybridized carbons (Fsp3) is 0.0769. The van der Waals surface area contributed by atoms with Gasteiger partial charge in [0.2, 0.25) is 0 Å². The average molecular weight is 209 g/mol. The number of rotatable bonds is 3. The molecule has 0 spiro atoms. The summed E-state index contributed by atoms with van der Waals surface area (Å²) in [5.74, 6) is 0. The molecule has 1 atom stereocenters. The van der Waals surface area contributed by atoms with Gasteiger partial charge in [-0.1, -0.05) is 30.3 Å². The van der Waals surface area contributed by atoms with Crippen LogP contribution in [0.3, 0.4) is 0 Å². The van der Waals surface area contributed by atoms with Gasteiger partial charge in [-0.3, -0.25) is 4.98 Å². The summed E-state index contributed by atoms with van der Waals surface area (Å²) in [7, 11) is 0. The molecular weight excluding hydrogens is 198 g/mol. The fourth-order valence-electron chi connectivity index (χ4n) is 1.45. The lowest BCUT2D eigenvalue weighted by atomic mass is 10.1. The van der Waals surface area contributed by atoms with Gasteiger partial charge in [-0.2, -0.15) is 5.26 Å². The number of nitriles is 1. The molecule has 3 nitrogen and oxygen atoms in total. The number of anilines is 1. The van der Waals surface area contributed by atoms with Crippen LogP contribution in [0, 0.1) is 11.3 Å². The minimum Gasteiger partial charge on any atom is -0.365 e. The van der Waals surface area contributed by atoms with E-state index in [-0.39, 0.29) is 6.04 Å². The monoisotopic (exact) mass is 209 g/mol. The van der Waals surface area contributed by atoms with E-state index in [4.69, 9.17) is 5.26 Å². The van der Waals surface area contributed by atoms with Crippen LogP contribution in [0.25, 0.3) is 0 Å². The molecule has 2 rings (SSSR count). The molecule has 0 unspecified atom stereocenters. The zero-order chi connectivity index (χ0) is 11.2. The molecule has 78 valence electrons. The Morgan fingerprint density at radius 1 is 1.12 bits per heavy atom. The van der Waals surface area contributed by atoms with E-state index in [9.17, 15) is 0 Å². The van der Waals surface area contributed by atoms with E-state index >= 15 is 0 Å². The van der Waals surface area contributed by atoms with Crippen molar-refractivity contribution in [2.24, 2.45) is 0 Å². The maximum atomic E-state index is 9.11. The second-order valence-corrected chi connectivity index (χ2v) is 3.36. The summed E-state index contributed by atoms with van der Waals surface area (Å²) in [6, 6.07) is 15.2. The van der Waals surface area contributed by atoms with Crippen LogP contribution in [0.15, 0.2) is 54.9 Å². The van der Waals surface area contributed by atoms with Gasteiger partial charge in [0.15, 0.2) is 0 Å². The van der Waals surface area contributed by atoms with Crippen LogP contribution < -0.4 is 5.32 Å². The van der Waals surface area contributed by atoms with Crippen molar-refractivity contribution in [3.8, 4) is 6.07 Å². The molecule has 2 aromatic rings. The summed E-state index contributed by atoms with van der Waals surface area (Å²) in [5.41, 5.74) is 1.80. The first kappa shape index (κ1) is 10.2. The molecule has 0 amide bonds. The molecule has 1 aromatic heterocycles. The highest BCUT2D eigenvalue weighted by molar-refractivity contribution is 5.45. The molecule has 0 saturated carbocycles. The molecule has 1 heterocycles. The van der Waals surface area contributed by atoms with Crippen molar-refractivity contribution in [1.29, 1.82) is 5.26 Å². The molecule has 0 aliphatic heterocycles. The molecule has 1 N–H and O–H groups in total. The molecule has 0 aliphatic rings. The summed E-state index contributed by atoms with van der Waals surface area (Å²) in [4.78, 5) is 3.99. The highest BCUT2D eigenvalue weighted by Gasteiger charge is 2.08. The van der Waals surface area contributed by atoms with Crippen LogP contribution in [0.1, 0.15) is 11.6 Å². The van der Waals surface area contributed by atoms with E-state index in [1.807, 2.05) is 42.5 Å². The normalized spacial score (nSPS) is 11.4. The second-order valence-electron chi connectivity index (χ2n) is 3.36. The summed E-state index contributed by atoms with van der Waals surface area (Å²) in [6.45, 7) is 0. The average Bonchev–Trinajstić information content (AvgIpc) is 2.38. The molecule has 3 heteroatoms. The van der Waals surface area contributed by atoms with Gasteiger partial charge < -0.3 is 5.32 Å². The van der Waals surface area contributed by atoms with E-state index in [0.717, 1.165) is 11.3 Å². The minimum absolute atomic E-state index is 0.342. The number of nitrogens with zero attached hydrogens (tertiary/aromatic N) is 2. The number of hydrogen-bond acceptors (Lipinski definition) is 3. The van der Waals surface area contributed by atoms with Crippen LogP contribution in [-0.2, 0) is 0 Å². The Labute approximate surface area is 94.4 Å². The Bertz CT molecular complexity index is 474. The predicted octanol–water partition coefficient (Wildman–Crippen LogP) is 2.76. The summed E-state index contributed by atoms with van der Waals surface area (Å²) in [6.07, 6.45) is 3.41. The van der Waals surface area contributed by atoms with E-state index in [2.05, 4.69) is 16.4 Å². The highest BCUT2D eigenvalue weighted by Crippen LogP contribution is 2.17. The van der Waals surface area contributed by atoms with Gasteiger partial charge in [0.1, 0.15) is 6.04 Å². The quantitative estimate of drug-likeness (QED) is 0.845. The number of benzene rings is 1. The van der Waals surface area contributed by atoms with E-state index in [1.54, 1.807) is 12.4 Å². The largest absolute Gasteiger partial charge is 0.365 e. The van der Waals surface area contributed by atoms with Gasteiger partial charge >= 0.3 is 0 Å². The molecule has 0 radical (unpaired) electrons. The Hall–Kier alpha value is -2.34. The number of aromatic nitrogens is 1. The Balaban J connectivity index is 2.17. The van der Waals surface area contributed by atoms with Crippen molar-refractivity contribution in [1.82, 2.24) is 4.98 Å². The van der Waals surface area contributed by atoms with Gasteiger partial charge in [0.05, 0.1) is 11.8 Å². The number of nitrogens with one attached hydrogen (secondary N) is 1. The lowest BCUT2D eigenvalue weighted by molar-refractivity contribution is 0.994. The predicted molar refractivity (Wildman–Crippen MR) is 62.7 cm³/mol. The fourth-order valence-corrected chi connectivity index (χ4v) is 1.45. The number of pyridine rings is 1. The van der Waals surface area contributed by atoms with Crippen LogP contribution in [0.4, 0.5) is 5.69 Å². The van der Waals surface area contributed by atoms with Crippen molar-refractivity contribution in [2.75, 3.05) is 5.32 Å². The maximum absolute atomic E-state index is 9.11. The minimum atomic E-state index is -0.342. The lowest BCUT2D eigenvalue weighted by Crippen LogP contribution is -2.08. The highest BCUT2D eigenvalue weighted by atomic mass is 14.9. The Morgan fingerprint density at radius 3 is 2.56 bits per heavy atom. The maximum Gasteiger partial charge on any atom is 0.140 e. The third-order valence-corrected chi connectivity index (χ3v) is 2.23. The molecule has 16 heavy (non-hydrogen) atoms. The zero-order valence-corrected chi connectivity index (χ0v) is 8.67. The SMILES string of the molecule is N#C[C@@H](Nc1cccnc1)c1ccccc1. The first-order valence-corrected chi connectivity index (χ1v) is 5.01. The number of hydrogen-bond donors (Lipinski definition) is 1. The topological polar surface area (TPSA) is 48.7 Å². The summed E-state index contributed by atoms with van der Waals surface area (Å²) >= 11 is 0. The van der Waals surface area contributed by atoms with Gasteiger partial charge in [-0.15, -0.1) is 0 Å². The van der Waals surface area contributed by atoms with Crippen LogP contribution in [-0.4, -0.2) is 4.98 Å². The molecule has 1 aromatic carbocycles. The molecule has 0 saturated heterocycles. The molecular formula is C13H11N3. The Kier molecular flexibility index (Phi) is 3.15. The third-order valence-electron chi connectivity index (χ3n) is 2.23. The molecule has 0 bridgehead atoms. The van der Waals surface area contributed by atoms with Crippen molar-refractivity contribution in [2.45, 2.75) is 6.04 Å². The smallest absolute Gasteiger partial charge is 0.140 e. The second kappa shape index (κ2) is 4.94. The van der Waals surface area contributed by atoms with Crippen LogP contribution >= 0.6 is 0 Å². The van der Waals surface area contributed by atoms with Gasteiger partial charge in [0, 0.05) is 12.4 Å². The Morgan fingerprint density at radius 2 is 1.94 bits per heavy atom. The van der Waals surface area contributed by atoms with Gasteiger partial charge in [-0.25, -0.2) is 0 Å². The lowest BCUT2D eigenvalue weighted by Gasteiger charge is -2.12. The van der Waals surface area contributed by atoms with E-state index < -0.39 is 0 Å². The molecule has 0 fully saturated rings. The summed E-state index contributed by atoms with van der Waals surface area (Å²) in [5, 5.41) is 12.2. The van der Waals surface area contributed by atoms with Crippen molar-refractivity contribution >= 4 is 5.69 Å². The van der Waals surface area contributed by atoms with Crippen LogP contribution in [0.2, 0.25) is 0 Å². The zero-order valence-electron chi connectivity index (χ0n) is 8.67. The van der Waals surface area contributed by atoms with Gasteiger partial charge in [-0.05, 0) is 17.7 Å². The third kappa shape index (κ3) is 2.37. The van der Waals surface area contributed by atoms with E-state index in [0.29, 0.717) is 0 Å². The molecule has 0 aliphatic carbocycles. The van der Waals surface area contributed by atoms with Gasteiger partial charge in [0.25, 0.3) is 0 Å².